The lowest BCUT2D eigenvalue weighted by Gasteiger charge is -2.11. The quantitative estimate of drug-likeness (QED) is 0.649. The second kappa shape index (κ2) is 6.56. The van der Waals surface area contributed by atoms with Crippen molar-refractivity contribution in [2.75, 3.05) is 19.0 Å². The van der Waals surface area contributed by atoms with E-state index in [2.05, 4.69) is 10.3 Å². The van der Waals surface area contributed by atoms with Gasteiger partial charge in [-0.05, 0) is 19.1 Å². The molecule has 0 fully saturated rings. The van der Waals surface area contributed by atoms with E-state index in [0.29, 0.717) is 23.9 Å². The SMILES string of the molecule is CCOc1ccccc1Oc1cc([N+](=O)[O-])cc(NC)n1. The molecule has 1 aromatic carbocycles. The van der Waals surface area contributed by atoms with E-state index < -0.39 is 4.92 Å². The van der Waals surface area contributed by atoms with Crippen molar-refractivity contribution in [2.45, 2.75) is 6.92 Å². The topological polar surface area (TPSA) is 86.5 Å². The van der Waals surface area contributed by atoms with Crippen LogP contribution in [0.5, 0.6) is 17.4 Å². The fourth-order valence-electron chi connectivity index (χ4n) is 1.70. The van der Waals surface area contributed by atoms with Gasteiger partial charge in [0.2, 0.25) is 5.88 Å². The third-order valence-corrected chi connectivity index (χ3v) is 2.62. The van der Waals surface area contributed by atoms with Crippen molar-refractivity contribution in [3.05, 3.63) is 46.5 Å². The Morgan fingerprint density at radius 3 is 2.62 bits per heavy atom. The summed E-state index contributed by atoms with van der Waals surface area (Å²) in [6.07, 6.45) is 0. The van der Waals surface area contributed by atoms with Gasteiger partial charge in [-0.1, -0.05) is 12.1 Å². The number of hydrogen-bond donors (Lipinski definition) is 1. The summed E-state index contributed by atoms with van der Waals surface area (Å²) in [5.74, 6) is 1.49. The molecule has 0 atom stereocenters. The Morgan fingerprint density at radius 2 is 2.00 bits per heavy atom. The van der Waals surface area contributed by atoms with Gasteiger partial charge in [0.25, 0.3) is 5.69 Å². The number of nitro groups is 1. The number of ether oxygens (including phenoxy) is 2. The molecule has 0 aliphatic carbocycles. The van der Waals surface area contributed by atoms with Crippen LogP contribution in [0, 0.1) is 10.1 Å². The molecule has 7 nitrogen and oxygen atoms in total. The van der Waals surface area contributed by atoms with Crippen molar-refractivity contribution in [1.82, 2.24) is 4.98 Å². The van der Waals surface area contributed by atoms with E-state index in [-0.39, 0.29) is 11.6 Å². The minimum absolute atomic E-state index is 0.0989. The monoisotopic (exact) mass is 289 g/mol. The minimum atomic E-state index is -0.496. The van der Waals surface area contributed by atoms with Crippen LogP contribution in [0.2, 0.25) is 0 Å². The second-order valence-electron chi connectivity index (χ2n) is 4.04. The Morgan fingerprint density at radius 1 is 1.29 bits per heavy atom. The molecule has 7 heteroatoms. The van der Waals surface area contributed by atoms with Crippen LogP contribution in [0.3, 0.4) is 0 Å². The molecule has 0 unspecified atom stereocenters. The summed E-state index contributed by atoms with van der Waals surface area (Å²) in [7, 11) is 1.63. The lowest BCUT2D eigenvalue weighted by Crippen LogP contribution is -1.99. The largest absolute Gasteiger partial charge is 0.490 e. The molecular formula is C14H15N3O4. The highest BCUT2D eigenvalue weighted by atomic mass is 16.6. The molecule has 1 N–H and O–H groups in total. The van der Waals surface area contributed by atoms with E-state index in [0.717, 1.165) is 0 Å². The molecule has 0 saturated carbocycles. The van der Waals surface area contributed by atoms with Gasteiger partial charge in [0.1, 0.15) is 5.82 Å². The third-order valence-electron chi connectivity index (χ3n) is 2.62. The zero-order valence-electron chi connectivity index (χ0n) is 11.7. The highest BCUT2D eigenvalue weighted by Crippen LogP contribution is 2.32. The van der Waals surface area contributed by atoms with E-state index >= 15 is 0 Å². The predicted octanol–water partition coefficient (Wildman–Crippen LogP) is 3.22. The first-order valence-corrected chi connectivity index (χ1v) is 6.38. The van der Waals surface area contributed by atoms with Gasteiger partial charge in [-0.3, -0.25) is 10.1 Å². The van der Waals surface area contributed by atoms with Crippen LogP contribution in [-0.4, -0.2) is 23.6 Å². The lowest BCUT2D eigenvalue weighted by atomic mass is 10.3. The van der Waals surface area contributed by atoms with Gasteiger partial charge < -0.3 is 14.8 Å². The summed E-state index contributed by atoms with van der Waals surface area (Å²) >= 11 is 0. The predicted molar refractivity (Wildman–Crippen MR) is 78.1 cm³/mol. The minimum Gasteiger partial charge on any atom is -0.490 e. The van der Waals surface area contributed by atoms with Crippen LogP contribution in [-0.2, 0) is 0 Å². The number of anilines is 1. The van der Waals surface area contributed by atoms with E-state index in [4.69, 9.17) is 9.47 Å². The molecule has 2 aromatic rings. The van der Waals surface area contributed by atoms with Crippen LogP contribution in [0.1, 0.15) is 6.92 Å². The first-order valence-electron chi connectivity index (χ1n) is 6.38. The molecular weight excluding hydrogens is 274 g/mol. The molecule has 0 aliphatic heterocycles. The third kappa shape index (κ3) is 3.59. The Balaban J connectivity index is 2.35. The summed E-state index contributed by atoms with van der Waals surface area (Å²) in [4.78, 5) is 14.6. The molecule has 0 saturated heterocycles. The van der Waals surface area contributed by atoms with E-state index in [1.165, 1.54) is 12.1 Å². The molecule has 0 bridgehead atoms. The van der Waals surface area contributed by atoms with Crippen LogP contribution >= 0.6 is 0 Å². The summed E-state index contributed by atoms with van der Waals surface area (Å²) in [5.41, 5.74) is -0.0989. The Bertz CT molecular complexity index is 646. The fourth-order valence-corrected chi connectivity index (χ4v) is 1.70. The van der Waals surface area contributed by atoms with E-state index in [9.17, 15) is 10.1 Å². The number of hydrogen-bond acceptors (Lipinski definition) is 6. The first-order chi connectivity index (χ1) is 10.1. The second-order valence-corrected chi connectivity index (χ2v) is 4.04. The van der Waals surface area contributed by atoms with E-state index in [1.54, 1.807) is 25.2 Å². The standard InChI is InChI=1S/C14H15N3O4/c1-3-20-11-6-4-5-7-12(11)21-14-9-10(17(18)19)8-13(15-2)16-14/h4-9H,3H2,1-2H3,(H,15,16). The molecule has 0 amide bonds. The van der Waals surface area contributed by atoms with Gasteiger partial charge in [0, 0.05) is 7.05 Å². The van der Waals surface area contributed by atoms with Gasteiger partial charge in [-0.2, -0.15) is 4.98 Å². The maximum absolute atomic E-state index is 10.9. The number of pyridine rings is 1. The van der Waals surface area contributed by atoms with Crippen molar-refractivity contribution in [2.24, 2.45) is 0 Å². The lowest BCUT2D eigenvalue weighted by molar-refractivity contribution is -0.384. The van der Waals surface area contributed by atoms with Crippen molar-refractivity contribution < 1.29 is 14.4 Å². The fraction of sp³-hybridized carbons (Fsp3) is 0.214. The number of nitrogens with one attached hydrogen (secondary N) is 1. The van der Waals surface area contributed by atoms with Crippen molar-refractivity contribution >= 4 is 11.5 Å². The number of para-hydroxylation sites is 2. The average Bonchev–Trinajstić information content (AvgIpc) is 2.49. The number of nitrogens with zero attached hydrogens (tertiary/aromatic N) is 2. The first kappa shape index (κ1) is 14.6. The molecule has 0 spiro atoms. The smallest absolute Gasteiger partial charge is 0.278 e. The zero-order chi connectivity index (χ0) is 15.2. The van der Waals surface area contributed by atoms with Crippen LogP contribution < -0.4 is 14.8 Å². The molecule has 2 rings (SSSR count). The maximum atomic E-state index is 10.9. The molecule has 0 aliphatic rings. The van der Waals surface area contributed by atoms with Gasteiger partial charge in [-0.25, -0.2) is 0 Å². The molecule has 1 heterocycles. The van der Waals surface area contributed by atoms with Gasteiger partial charge in [-0.15, -0.1) is 0 Å². The Labute approximate surface area is 121 Å². The van der Waals surface area contributed by atoms with Gasteiger partial charge in [0.15, 0.2) is 11.5 Å². The number of rotatable bonds is 6. The van der Waals surface area contributed by atoms with Gasteiger partial charge in [0.05, 0.1) is 23.7 Å². The van der Waals surface area contributed by atoms with Crippen molar-refractivity contribution in [3.8, 4) is 17.4 Å². The molecule has 1 aromatic heterocycles. The Kier molecular flexibility index (Phi) is 4.55. The zero-order valence-corrected chi connectivity index (χ0v) is 11.7. The normalized spacial score (nSPS) is 10.0. The molecule has 21 heavy (non-hydrogen) atoms. The van der Waals surface area contributed by atoms with Gasteiger partial charge >= 0.3 is 0 Å². The van der Waals surface area contributed by atoms with Crippen molar-refractivity contribution in [3.63, 3.8) is 0 Å². The van der Waals surface area contributed by atoms with Crippen LogP contribution in [0.4, 0.5) is 11.5 Å². The van der Waals surface area contributed by atoms with Crippen molar-refractivity contribution in [1.29, 1.82) is 0 Å². The summed E-state index contributed by atoms with van der Waals surface area (Å²) in [5, 5.41) is 13.7. The highest BCUT2D eigenvalue weighted by molar-refractivity contribution is 5.50. The maximum Gasteiger partial charge on any atom is 0.278 e. The number of aromatic nitrogens is 1. The average molecular weight is 289 g/mol. The molecule has 0 radical (unpaired) electrons. The van der Waals surface area contributed by atoms with Crippen LogP contribution in [0.25, 0.3) is 0 Å². The van der Waals surface area contributed by atoms with E-state index in [1.807, 2.05) is 13.0 Å². The summed E-state index contributed by atoms with van der Waals surface area (Å²) in [6.45, 7) is 2.35. The summed E-state index contributed by atoms with van der Waals surface area (Å²) in [6, 6.07) is 9.68. The Hall–Kier alpha value is -2.83. The summed E-state index contributed by atoms with van der Waals surface area (Å²) < 4.78 is 11.1. The van der Waals surface area contributed by atoms with Crippen LogP contribution in [0.15, 0.2) is 36.4 Å². The molecule has 110 valence electrons. The number of benzene rings is 1. The highest BCUT2D eigenvalue weighted by Gasteiger charge is 2.13.